The van der Waals surface area contributed by atoms with Gasteiger partial charge >= 0.3 is 0 Å². The summed E-state index contributed by atoms with van der Waals surface area (Å²) in [6, 6.07) is 0. The second-order valence-electron chi connectivity index (χ2n) is 5.84. The fourth-order valence-electron chi connectivity index (χ4n) is 2.34. The highest BCUT2D eigenvalue weighted by molar-refractivity contribution is 4.77. The molecule has 84 valence electrons. The third-order valence-corrected chi connectivity index (χ3v) is 2.83. The predicted molar refractivity (Wildman–Crippen MR) is 60.2 cm³/mol. The van der Waals surface area contributed by atoms with Crippen molar-refractivity contribution < 1.29 is 4.74 Å². The van der Waals surface area contributed by atoms with Crippen molar-refractivity contribution in [2.75, 3.05) is 6.61 Å². The van der Waals surface area contributed by atoms with Crippen LogP contribution in [0.5, 0.6) is 0 Å². The van der Waals surface area contributed by atoms with Gasteiger partial charge in [-0.3, -0.25) is 0 Å². The van der Waals surface area contributed by atoms with E-state index in [2.05, 4.69) is 13.8 Å². The number of hydrogen-bond donors (Lipinski definition) is 1. The van der Waals surface area contributed by atoms with E-state index in [-0.39, 0.29) is 5.54 Å². The quantitative estimate of drug-likeness (QED) is 0.758. The van der Waals surface area contributed by atoms with Gasteiger partial charge in [0, 0.05) is 5.54 Å². The molecule has 2 N–H and O–H groups in total. The zero-order chi connectivity index (χ0) is 10.8. The maximum atomic E-state index is 5.90. The molecule has 0 heterocycles. The lowest BCUT2D eigenvalue weighted by Gasteiger charge is -2.33. The van der Waals surface area contributed by atoms with E-state index in [1.54, 1.807) is 0 Å². The molecule has 1 rings (SSSR count). The van der Waals surface area contributed by atoms with Crippen molar-refractivity contribution in [3.05, 3.63) is 0 Å². The summed E-state index contributed by atoms with van der Waals surface area (Å²) in [7, 11) is 0. The first-order valence-electron chi connectivity index (χ1n) is 5.77. The highest BCUT2D eigenvalue weighted by Gasteiger charge is 2.25. The normalized spacial score (nSPS) is 34.5. The van der Waals surface area contributed by atoms with Crippen LogP contribution in [0, 0.1) is 11.8 Å². The number of ether oxygens (including phenoxy) is 1. The van der Waals surface area contributed by atoms with Crippen LogP contribution in [0.1, 0.15) is 47.0 Å². The highest BCUT2D eigenvalue weighted by atomic mass is 16.5. The Bertz CT molecular complexity index is 164. The number of rotatable bonds is 3. The number of hydrogen-bond acceptors (Lipinski definition) is 2. The molecule has 0 saturated heterocycles. The molecule has 0 bridgehead atoms. The molecule has 2 unspecified atom stereocenters. The van der Waals surface area contributed by atoms with Gasteiger partial charge in [0.25, 0.3) is 0 Å². The lowest BCUT2D eigenvalue weighted by molar-refractivity contribution is -0.0164. The first-order chi connectivity index (χ1) is 6.37. The third kappa shape index (κ3) is 4.43. The van der Waals surface area contributed by atoms with E-state index in [0.29, 0.717) is 12.7 Å². The average molecular weight is 199 g/mol. The molecule has 0 spiro atoms. The van der Waals surface area contributed by atoms with Crippen LogP contribution in [0.2, 0.25) is 0 Å². The molecule has 1 fully saturated rings. The average Bonchev–Trinajstić information content (AvgIpc) is 1.97. The molecule has 0 amide bonds. The second kappa shape index (κ2) is 4.63. The molecule has 1 aliphatic rings. The second-order valence-corrected chi connectivity index (χ2v) is 5.84. The summed E-state index contributed by atoms with van der Waals surface area (Å²) in [5, 5.41) is 0. The van der Waals surface area contributed by atoms with Crippen molar-refractivity contribution in [3.63, 3.8) is 0 Å². The Labute approximate surface area is 88.2 Å². The Hall–Kier alpha value is -0.0800. The summed E-state index contributed by atoms with van der Waals surface area (Å²) in [6.45, 7) is 9.35. The van der Waals surface area contributed by atoms with E-state index in [1.165, 1.54) is 19.3 Å². The Kier molecular flexibility index (Phi) is 3.96. The molecule has 1 saturated carbocycles. The molecular weight excluding hydrogens is 174 g/mol. The zero-order valence-electron chi connectivity index (χ0n) is 10.0. The van der Waals surface area contributed by atoms with Crippen molar-refractivity contribution in [2.45, 2.75) is 58.6 Å². The summed E-state index contributed by atoms with van der Waals surface area (Å²) in [5.41, 5.74) is 5.71. The van der Waals surface area contributed by atoms with E-state index in [1.807, 2.05) is 13.8 Å². The minimum absolute atomic E-state index is 0.191. The molecular formula is C12H25NO. The zero-order valence-corrected chi connectivity index (χ0v) is 10.0. The Morgan fingerprint density at radius 3 is 2.07 bits per heavy atom. The smallest absolute Gasteiger partial charge is 0.0644 e. The van der Waals surface area contributed by atoms with Gasteiger partial charge in [-0.25, -0.2) is 0 Å². The van der Waals surface area contributed by atoms with Crippen LogP contribution in [0.4, 0.5) is 0 Å². The molecule has 0 aromatic carbocycles. The molecule has 0 aromatic heterocycles. The van der Waals surface area contributed by atoms with Crippen molar-refractivity contribution in [3.8, 4) is 0 Å². The lowest BCUT2D eigenvalue weighted by atomic mass is 9.82. The summed E-state index contributed by atoms with van der Waals surface area (Å²) in [5.74, 6) is 1.62. The molecule has 0 radical (unpaired) electrons. The summed E-state index contributed by atoms with van der Waals surface area (Å²) >= 11 is 0. The van der Waals surface area contributed by atoms with Crippen LogP contribution in [-0.4, -0.2) is 18.2 Å². The summed E-state index contributed by atoms with van der Waals surface area (Å²) in [6.07, 6.45) is 4.21. The van der Waals surface area contributed by atoms with Gasteiger partial charge in [0.1, 0.15) is 0 Å². The molecule has 2 nitrogen and oxygen atoms in total. The van der Waals surface area contributed by atoms with Crippen LogP contribution in [0.25, 0.3) is 0 Å². The van der Waals surface area contributed by atoms with Gasteiger partial charge in [0.05, 0.1) is 12.7 Å². The molecule has 14 heavy (non-hydrogen) atoms. The molecule has 1 aliphatic carbocycles. The summed E-state index contributed by atoms with van der Waals surface area (Å²) in [4.78, 5) is 0. The van der Waals surface area contributed by atoms with Gasteiger partial charge in [-0.05, 0) is 44.9 Å². The maximum absolute atomic E-state index is 5.90. The Morgan fingerprint density at radius 2 is 1.64 bits per heavy atom. The van der Waals surface area contributed by atoms with Crippen LogP contribution >= 0.6 is 0 Å². The molecule has 0 aliphatic heterocycles. The lowest BCUT2D eigenvalue weighted by Crippen LogP contribution is -2.40. The van der Waals surface area contributed by atoms with E-state index < -0.39 is 0 Å². The maximum Gasteiger partial charge on any atom is 0.0644 e. The molecule has 2 heteroatoms. The van der Waals surface area contributed by atoms with Crippen LogP contribution in [-0.2, 0) is 4.74 Å². The van der Waals surface area contributed by atoms with Crippen molar-refractivity contribution in [2.24, 2.45) is 17.6 Å². The highest BCUT2D eigenvalue weighted by Crippen LogP contribution is 2.30. The number of nitrogens with two attached hydrogens (primary N) is 1. The van der Waals surface area contributed by atoms with Gasteiger partial charge in [-0.15, -0.1) is 0 Å². The van der Waals surface area contributed by atoms with Gasteiger partial charge in [0.2, 0.25) is 0 Å². The van der Waals surface area contributed by atoms with Gasteiger partial charge in [-0.1, -0.05) is 13.8 Å². The van der Waals surface area contributed by atoms with Crippen LogP contribution < -0.4 is 5.73 Å². The van der Waals surface area contributed by atoms with Crippen LogP contribution in [0.3, 0.4) is 0 Å². The molecule has 2 atom stereocenters. The van der Waals surface area contributed by atoms with E-state index >= 15 is 0 Å². The minimum Gasteiger partial charge on any atom is -0.376 e. The largest absolute Gasteiger partial charge is 0.376 e. The van der Waals surface area contributed by atoms with Gasteiger partial charge in [-0.2, -0.15) is 0 Å². The van der Waals surface area contributed by atoms with Crippen molar-refractivity contribution >= 4 is 0 Å². The summed E-state index contributed by atoms with van der Waals surface area (Å²) < 4.78 is 5.86. The topological polar surface area (TPSA) is 35.2 Å². The first-order valence-corrected chi connectivity index (χ1v) is 5.77. The van der Waals surface area contributed by atoms with E-state index in [4.69, 9.17) is 10.5 Å². The van der Waals surface area contributed by atoms with Gasteiger partial charge in [0.15, 0.2) is 0 Å². The van der Waals surface area contributed by atoms with E-state index in [9.17, 15) is 0 Å². The van der Waals surface area contributed by atoms with Crippen molar-refractivity contribution in [1.29, 1.82) is 0 Å². The first kappa shape index (κ1) is 12.0. The van der Waals surface area contributed by atoms with Gasteiger partial charge < -0.3 is 10.5 Å². The standard InChI is InChI=1S/C12H25NO/c1-9-5-10(2)7-11(6-9)14-8-12(3,4)13/h9-11H,5-8,13H2,1-4H3. The van der Waals surface area contributed by atoms with Crippen LogP contribution in [0.15, 0.2) is 0 Å². The fourth-order valence-corrected chi connectivity index (χ4v) is 2.34. The Morgan fingerprint density at radius 1 is 1.14 bits per heavy atom. The van der Waals surface area contributed by atoms with E-state index in [0.717, 1.165) is 11.8 Å². The monoisotopic (exact) mass is 199 g/mol. The Balaban J connectivity index is 2.30. The SMILES string of the molecule is CC1CC(C)CC(OCC(C)(C)N)C1. The molecule has 0 aromatic rings. The minimum atomic E-state index is -0.191. The predicted octanol–water partition coefficient (Wildman–Crippen LogP) is 2.57. The fraction of sp³-hybridized carbons (Fsp3) is 1.00. The third-order valence-electron chi connectivity index (χ3n) is 2.83. The van der Waals surface area contributed by atoms with Crippen molar-refractivity contribution in [1.82, 2.24) is 0 Å².